The van der Waals surface area contributed by atoms with Crippen molar-refractivity contribution in [3.63, 3.8) is 0 Å². The average Bonchev–Trinajstić information content (AvgIpc) is 2.26. The van der Waals surface area contributed by atoms with Crippen LogP contribution in [-0.2, 0) is 4.74 Å². The Kier molecular flexibility index (Phi) is 9.28. The van der Waals surface area contributed by atoms with Crippen molar-refractivity contribution in [2.75, 3.05) is 32.7 Å². The highest BCUT2D eigenvalue weighted by atomic mass is 32.2. The number of carbonyl (C=O) groups is 1. The first-order valence-electron chi connectivity index (χ1n) is 4.67. The maximum atomic E-state index is 11.3. The largest absolute Gasteiger partial charge is 0.485 e. The van der Waals surface area contributed by atoms with Crippen molar-refractivity contribution in [1.82, 2.24) is 4.90 Å². The molecular formula is C9H17N3O2S3. The number of amidine groups is 1. The van der Waals surface area contributed by atoms with Gasteiger partial charge in [-0.2, -0.15) is 16.2 Å². The first-order chi connectivity index (χ1) is 7.97. The Morgan fingerprint density at radius 3 is 2.71 bits per heavy atom. The fourth-order valence-corrected chi connectivity index (χ4v) is 1.76. The van der Waals surface area contributed by atoms with Gasteiger partial charge in [0.15, 0.2) is 10.3 Å². The monoisotopic (exact) mass is 295 g/mol. The van der Waals surface area contributed by atoms with Crippen molar-refractivity contribution in [2.24, 2.45) is 10.1 Å². The van der Waals surface area contributed by atoms with Gasteiger partial charge < -0.3 is 15.4 Å². The molecule has 98 valence electrons. The highest BCUT2D eigenvalue weighted by molar-refractivity contribution is 8.26. The summed E-state index contributed by atoms with van der Waals surface area (Å²) in [7, 11) is 3.31. The molecule has 5 nitrogen and oxygen atoms in total. The van der Waals surface area contributed by atoms with Gasteiger partial charge in [0.1, 0.15) is 0 Å². The summed E-state index contributed by atoms with van der Waals surface area (Å²) in [5.74, 6) is 0.895. The van der Waals surface area contributed by atoms with Crippen LogP contribution >= 0.6 is 35.5 Å². The van der Waals surface area contributed by atoms with Gasteiger partial charge in [0.25, 0.3) is 5.24 Å². The van der Waals surface area contributed by atoms with Crippen molar-refractivity contribution in [3.05, 3.63) is 11.7 Å². The van der Waals surface area contributed by atoms with Crippen molar-refractivity contribution < 1.29 is 9.53 Å². The highest BCUT2D eigenvalue weighted by Crippen LogP contribution is 2.18. The molecule has 0 aromatic rings. The third-order valence-corrected chi connectivity index (χ3v) is 3.49. The van der Waals surface area contributed by atoms with Gasteiger partial charge >= 0.3 is 0 Å². The highest BCUT2D eigenvalue weighted by Gasteiger charge is 2.07. The van der Waals surface area contributed by atoms with Gasteiger partial charge in [-0.05, 0) is 12.8 Å². The lowest BCUT2D eigenvalue weighted by molar-refractivity contribution is 0.241. The summed E-state index contributed by atoms with van der Waals surface area (Å²) in [6.07, 6.45) is 2.00. The van der Waals surface area contributed by atoms with Crippen molar-refractivity contribution in [3.8, 4) is 0 Å². The smallest absolute Gasteiger partial charge is 0.288 e. The maximum Gasteiger partial charge on any atom is 0.288 e. The SMILES string of the molecule is C=C(OCCSC)SN=C(N)SC(=O)N(C)C. The molecule has 0 atom stereocenters. The van der Waals surface area contributed by atoms with Crippen LogP contribution in [0, 0.1) is 0 Å². The Hall–Kier alpha value is -0.470. The summed E-state index contributed by atoms with van der Waals surface area (Å²) < 4.78 is 9.19. The zero-order chi connectivity index (χ0) is 13.3. The fraction of sp³-hybridized carbons (Fsp3) is 0.556. The molecule has 17 heavy (non-hydrogen) atoms. The summed E-state index contributed by atoms with van der Waals surface area (Å²) >= 11 is 3.59. The number of amides is 1. The number of rotatable bonds is 6. The van der Waals surface area contributed by atoms with Gasteiger partial charge in [-0.15, -0.1) is 0 Å². The first kappa shape index (κ1) is 16.5. The van der Waals surface area contributed by atoms with E-state index in [0.717, 1.165) is 29.5 Å². The molecule has 0 aliphatic carbocycles. The van der Waals surface area contributed by atoms with Crippen LogP contribution in [0.2, 0.25) is 0 Å². The molecular weight excluding hydrogens is 278 g/mol. The molecule has 8 heteroatoms. The Bertz CT molecular complexity index is 295. The minimum atomic E-state index is -0.166. The Labute approximate surface area is 115 Å². The van der Waals surface area contributed by atoms with Crippen LogP contribution in [0.15, 0.2) is 16.1 Å². The maximum absolute atomic E-state index is 11.3. The van der Waals surface area contributed by atoms with E-state index in [1.807, 2.05) is 6.26 Å². The number of carbonyl (C=O) groups excluding carboxylic acids is 1. The third kappa shape index (κ3) is 9.25. The van der Waals surface area contributed by atoms with E-state index in [-0.39, 0.29) is 10.4 Å². The van der Waals surface area contributed by atoms with E-state index in [4.69, 9.17) is 10.5 Å². The van der Waals surface area contributed by atoms with E-state index in [0.29, 0.717) is 11.7 Å². The van der Waals surface area contributed by atoms with Gasteiger partial charge in [0, 0.05) is 31.6 Å². The lowest BCUT2D eigenvalue weighted by atomic mass is 10.8. The molecule has 0 aromatic heterocycles. The summed E-state index contributed by atoms with van der Waals surface area (Å²) in [4.78, 5) is 12.7. The van der Waals surface area contributed by atoms with E-state index >= 15 is 0 Å². The lowest BCUT2D eigenvalue weighted by Crippen LogP contribution is -2.20. The molecule has 0 fully saturated rings. The van der Waals surface area contributed by atoms with Crippen molar-refractivity contribution in [2.45, 2.75) is 0 Å². The second-order valence-electron chi connectivity index (χ2n) is 3.00. The number of nitrogens with two attached hydrogens (primary N) is 1. The number of nitrogens with zero attached hydrogens (tertiary/aromatic N) is 2. The van der Waals surface area contributed by atoms with E-state index in [9.17, 15) is 4.79 Å². The van der Waals surface area contributed by atoms with Gasteiger partial charge in [-0.3, -0.25) is 4.79 Å². The Balaban J connectivity index is 3.90. The Morgan fingerprint density at radius 1 is 1.53 bits per heavy atom. The van der Waals surface area contributed by atoms with E-state index in [1.54, 1.807) is 25.9 Å². The van der Waals surface area contributed by atoms with Crippen LogP contribution in [0.3, 0.4) is 0 Å². The molecule has 0 radical (unpaired) electrons. The first-order valence-corrected chi connectivity index (χ1v) is 7.66. The minimum Gasteiger partial charge on any atom is -0.485 e. The topological polar surface area (TPSA) is 67.9 Å². The van der Waals surface area contributed by atoms with Crippen LogP contribution < -0.4 is 5.73 Å². The second-order valence-corrected chi connectivity index (χ2v) is 5.77. The van der Waals surface area contributed by atoms with Crippen LogP contribution in [0.25, 0.3) is 0 Å². The normalized spacial score (nSPS) is 11.1. The predicted molar refractivity (Wildman–Crippen MR) is 79.4 cm³/mol. The van der Waals surface area contributed by atoms with Crippen LogP contribution in [-0.4, -0.2) is 48.0 Å². The zero-order valence-corrected chi connectivity index (χ0v) is 12.6. The number of thioether (sulfide) groups is 2. The molecule has 0 aliphatic rings. The lowest BCUT2D eigenvalue weighted by Gasteiger charge is -2.08. The summed E-state index contributed by atoms with van der Waals surface area (Å²) in [5.41, 5.74) is 5.56. The summed E-state index contributed by atoms with van der Waals surface area (Å²) in [6.45, 7) is 4.27. The van der Waals surface area contributed by atoms with E-state index < -0.39 is 0 Å². The van der Waals surface area contributed by atoms with E-state index in [2.05, 4.69) is 11.0 Å². The Morgan fingerprint density at radius 2 is 2.18 bits per heavy atom. The van der Waals surface area contributed by atoms with Gasteiger partial charge in [-0.25, -0.2) is 0 Å². The molecule has 0 heterocycles. The molecule has 0 saturated heterocycles. The minimum absolute atomic E-state index is 0.166. The molecule has 0 spiro atoms. The summed E-state index contributed by atoms with van der Waals surface area (Å²) in [6, 6.07) is 0. The fourth-order valence-electron chi connectivity index (χ4n) is 0.560. The van der Waals surface area contributed by atoms with Crippen LogP contribution in [0.1, 0.15) is 0 Å². The number of hydrogen-bond acceptors (Lipinski definition) is 6. The molecule has 0 bridgehead atoms. The molecule has 0 aromatic carbocycles. The van der Waals surface area contributed by atoms with Crippen LogP contribution in [0.5, 0.6) is 0 Å². The van der Waals surface area contributed by atoms with Crippen LogP contribution in [0.4, 0.5) is 4.79 Å². The van der Waals surface area contributed by atoms with Crippen molar-refractivity contribution in [1.29, 1.82) is 0 Å². The quantitative estimate of drug-likeness (QED) is 0.266. The van der Waals surface area contributed by atoms with Gasteiger partial charge in [0.2, 0.25) is 0 Å². The predicted octanol–water partition coefficient (Wildman–Crippen LogP) is 2.21. The molecule has 2 N–H and O–H groups in total. The molecule has 0 unspecified atom stereocenters. The van der Waals surface area contributed by atoms with Gasteiger partial charge in [-0.1, -0.05) is 0 Å². The van der Waals surface area contributed by atoms with E-state index in [1.165, 1.54) is 4.90 Å². The third-order valence-electron chi connectivity index (χ3n) is 1.34. The molecule has 0 aliphatic heterocycles. The molecule has 0 rings (SSSR count). The second kappa shape index (κ2) is 9.55. The zero-order valence-electron chi connectivity index (χ0n) is 10.1. The van der Waals surface area contributed by atoms with Gasteiger partial charge in [0.05, 0.1) is 18.6 Å². The molecule has 0 saturated carbocycles. The number of ether oxygens (including phenoxy) is 1. The standard InChI is InChI=1S/C9H17N3O2S3/c1-7(14-5-6-15-4)17-11-8(10)16-9(13)12(2)3/h1,5-6H2,2-4H3,(H2,10,11). The van der Waals surface area contributed by atoms with Crippen molar-refractivity contribution >= 4 is 45.9 Å². The summed E-state index contributed by atoms with van der Waals surface area (Å²) in [5, 5.41) is 0.490. The number of hydrogen-bond donors (Lipinski definition) is 1. The average molecular weight is 295 g/mol. The molecule has 1 amide bonds.